The van der Waals surface area contributed by atoms with Crippen LogP contribution in [0, 0.1) is 5.82 Å². The van der Waals surface area contributed by atoms with E-state index in [1.807, 2.05) is 115 Å². The zero-order chi connectivity index (χ0) is 68.6. The van der Waals surface area contributed by atoms with Crippen LogP contribution in [0.4, 0.5) is 73.7 Å². The standard InChI is InChI=1S/C20H20N4O3.C18H18N4O2.C17H15ClN4O.C17H15FN4O/c1-3-27-19(25)14-5-4-6-15(11-14)23-20-22-10-9-17(24-20)13-7-8-18(26-2)16(21)12-13;1-23-14-5-3-4-13(11-14)21-18-20-9-8-16(22-18)12-6-7-17(24-2)15(19)10-12;2*1-23-16-6-5-11(9-14(16)19)15-7-8-20-17(22-15)21-13-4-2-3-12(18)10-13/h4-12H,3,21H2,1-2H3,(H,22,23,24);3-11H,19H2,1-2H3,(H,20,21,22);2*2-10H,19H2,1H3,(H,20,21,22). The van der Waals surface area contributed by atoms with E-state index in [2.05, 4.69) is 61.1 Å². The number of esters is 1. The van der Waals surface area contributed by atoms with E-state index in [0.29, 0.717) is 109 Å². The summed E-state index contributed by atoms with van der Waals surface area (Å²) in [5, 5.41) is 13.0. The second-order valence-electron chi connectivity index (χ2n) is 20.4. The summed E-state index contributed by atoms with van der Waals surface area (Å²) >= 11 is 5.98. The maximum atomic E-state index is 13.2. The van der Waals surface area contributed by atoms with Gasteiger partial charge in [-0.1, -0.05) is 35.9 Å². The lowest BCUT2D eigenvalue weighted by Crippen LogP contribution is -2.05. The van der Waals surface area contributed by atoms with Crippen molar-refractivity contribution in [3.05, 3.63) is 235 Å². The minimum Gasteiger partial charge on any atom is -0.497 e. The molecular weight excluding hydrogens is 1260 g/mol. The molecule has 492 valence electrons. The molecule has 0 bridgehead atoms. The van der Waals surface area contributed by atoms with Gasteiger partial charge in [0.25, 0.3) is 0 Å². The second kappa shape index (κ2) is 33.7. The van der Waals surface area contributed by atoms with E-state index in [0.717, 1.165) is 50.8 Å². The zero-order valence-electron chi connectivity index (χ0n) is 53.5. The third-order valence-electron chi connectivity index (χ3n) is 13.8. The largest absolute Gasteiger partial charge is 0.497 e. The highest BCUT2D eigenvalue weighted by molar-refractivity contribution is 6.30. The number of rotatable bonds is 19. The topological polar surface area (TPSA) is 328 Å². The number of methoxy groups -OCH3 is 5. The van der Waals surface area contributed by atoms with Gasteiger partial charge in [-0.2, -0.15) is 0 Å². The summed E-state index contributed by atoms with van der Waals surface area (Å²) in [6.07, 6.45) is 6.67. The number of anilines is 12. The Balaban J connectivity index is 0.000000152. The summed E-state index contributed by atoms with van der Waals surface area (Å²) in [6.45, 7) is 2.10. The van der Waals surface area contributed by atoms with E-state index in [-0.39, 0.29) is 11.8 Å². The van der Waals surface area contributed by atoms with E-state index in [9.17, 15) is 9.18 Å². The lowest BCUT2D eigenvalue weighted by Gasteiger charge is -2.09. The lowest BCUT2D eigenvalue weighted by atomic mass is 10.1. The van der Waals surface area contributed by atoms with Gasteiger partial charge in [0.1, 0.15) is 34.6 Å². The van der Waals surface area contributed by atoms with Crippen molar-refractivity contribution in [1.29, 1.82) is 0 Å². The van der Waals surface area contributed by atoms with Crippen LogP contribution in [0.3, 0.4) is 0 Å². The predicted molar refractivity (Wildman–Crippen MR) is 380 cm³/mol. The minimum atomic E-state index is -0.371. The molecule has 23 nitrogen and oxygen atoms in total. The fourth-order valence-electron chi connectivity index (χ4n) is 9.18. The summed E-state index contributed by atoms with van der Waals surface area (Å²) < 4.78 is 44.1. The van der Waals surface area contributed by atoms with Gasteiger partial charge in [-0.3, -0.25) is 0 Å². The van der Waals surface area contributed by atoms with Crippen LogP contribution in [0.15, 0.2) is 219 Å². The molecule has 0 aliphatic rings. The molecule has 0 amide bonds. The number of aromatic nitrogens is 8. The number of nitrogen functional groups attached to an aromatic ring is 4. The first-order chi connectivity index (χ1) is 47.1. The average molecular weight is 1320 g/mol. The van der Waals surface area contributed by atoms with Crippen molar-refractivity contribution in [3.63, 3.8) is 0 Å². The van der Waals surface area contributed by atoms with Crippen molar-refractivity contribution in [3.8, 4) is 73.8 Å². The van der Waals surface area contributed by atoms with Crippen LogP contribution in [0.1, 0.15) is 17.3 Å². The highest BCUT2D eigenvalue weighted by atomic mass is 35.5. The Morgan fingerprint density at radius 2 is 0.742 bits per heavy atom. The molecule has 0 atom stereocenters. The maximum absolute atomic E-state index is 13.2. The summed E-state index contributed by atoms with van der Waals surface area (Å²) in [5.74, 6) is 4.34. The van der Waals surface area contributed by atoms with Gasteiger partial charge in [0.2, 0.25) is 23.8 Å². The van der Waals surface area contributed by atoms with Crippen molar-refractivity contribution < 1.29 is 37.6 Å². The van der Waals surface area contributed by atoms with Crippen LogP contribution < -0.4 is 67.9 Å². The number of carbonyl (C=O) groups is 1. The third-order valence-corrected chi connectivity index (χ3v) is 14.1. The number of ether oxygens (including phenoxy) is 6. The average Bonchev–Trinajstić information content (AvgIpc) is 0.949. The van der Waals surface area contributed by atoms with E-state index in [1.54, 1.807) is 134 Å². The molecule has 8 aromatic carbocycles. The van der Waals surface area contributed by atoms with E-state index in [1.165, 1.54) is 12.1 Å². The fraction of sp³-hybridized carbons (Fsp3) is 0.0972. The smallest absolute Gasteiger partial charge is 0.338 e. The number of nitrogens with one attached hydrogen (secondary N) is 4. The highest BCUT2D eigenvalue weighted by Crippen LogP contribution is 2.33. The minimum absolute atomic E-state index is 0.325. The number of hydrogen-bond donors (Lipinski definition) is 8. The molecule has 25 heteroatoms. The summed E-state index contributed by atoms with van der Waals surface area (Å²) in [6, 6.07) is 57.3. The fourth-order valence-corrected chi connectivity index (χ4v) is 9.37. The summed E-state index contributed by atoms with van der Waals surface area (Å²) in [4.78, 5) is 46.7. The van der Waals surface area contributed by atoms with Crippen molar-refractivity contribution >= 4 is 86.9 Å². The van der Waals surface area contributed by atoms with Crippen molar-refractivity contribution in [2.75, 3.05) is 86.4 Å². The van der Waals surface area contributed by atoms with Gasteiger partial charge >= 0.3 is 5.97 Å². The molecule has 0 radical (unpaired) electrons. The molecule has 0 saturated carbocycles. The molecule has 12 N–H and O–H groups in total. The van der Waals surface area contributed by atoms with Crippen molar-refractivity contribution in [2.45, 2.75) is 6.92 Å². The molecule has 4 heterocycles. The van der Waals surface area contributed by atoms with E-state index >= 15 is 0 Å². The van der Waals surface area contributed by atoms with Crippen LogP contribution in [0.25, 0.3) is 45.0 Å². The van der Waals surface area contributed by atoms with Crippen LogP contribution >= 0.6 is 11.6 Å². The summed E-state index contributed by atoms with van der Waals surface area (Å²) in [5.41, 5.74) is 35.8. The van der Waals surface area contributed by atoms with Crippen LogP contribution in [-0.4, -0.2) is 88.0 Å². The first-order valence-corrected chi connectivity index (χ1v) is 30.1. The SMILES string of the molecule is CCOC(=O)c1cccc(Nc2nccc(-c3ccc(OC)c(N)c3)n2)c1.COc1ccc(-c2ccnc(Nc3cccc(Cl)c3)n2)cc1N.COc1ccc(-c2ccnc(Nc3cccc(F)c3)n2)cc1N.COc1cccc(Nc2nccc(-c3ccc(OC)c(N)c3)n2)c1. The van der Waals surface area contributed by atoms with Gasteiger partial charge in [0, 0.05) is 80.9 Å². The number of hydrogen-bond acceptors (Lipinski definition) is 23. The predicted octanol–water partition coefficient (Wildman–Crippen LogP) is 14.9. The molecule has 0 aliphatic carbocycles. The lowest BCUT2D eigenvalue weighted by molar-refractivity contribution is 0.0526. The van der Waals surface area contributed by atoms with Crippen LogP contribution in [0.2, 0.25) is 5.02 Å². The van der Waals surface area contributed by atoms with E-state index < -0.39 is 0 Å². The molecule has 4 aromatic heterocycles. The molecule has 12 rings (SSSR count). The van der Waals surface area contributed by atoms with Gasteiger partial charge in [-0.05, 0) is 171 Å². The Labute approximate surface area is 564 Å². The summed E-state index contributed by atoms with van der Waals surface area (Å²) in [7, 11) is 7.94. The number of nitrogens with two attached hydrogens (primary N) is 4. The molecule has 0 saturated heterocycles. The Kier molecular flexibility index (Phi) is 23.8. The van der Waals surface area contributed by atoms with Gasteiger partial charge < -0.3 is 72.6 Å². The molecule has 97 heavy (non-hydrogen) atoms. The molecule has 12 aromatic rings. The Hall–Kier alpha value is -12.8. The Morgan fingerprint density at radius 1 is 0.402 bits per heavy atom. The second-order valence-corrected chi connectivity index (χ2v) is 20.9. The number of halogens is 2. The quantitative estimate of drug-likeness (QED) is 0.0275. The van der Waals surface area contributed by atoms with Crippen molar-refractivity contribution in [2.24, 2.45) is 0 Å². The van der Waals surface area contributed by atoms with Gasteiger partial charge in [0.15, 0.2) is 0 Å². The van der Waals surface area contributed by atoms with Crippen LogP contribution in [-0.2, 0) is 4.74 Å². The first-order valence-electron chi connectivity index (χ1n) is 29.7. The van der Waals surface area contributed by atoms with Crippen molar-refractivity contribution in [1.82, 2.24) is 39.9 Å². The molecule has 0 spiro atoms. The highest BCUT2D eigenvalue weighted by Gasteiger charge is 2.13. The van der Waals surface area contributed by atoms with Gasteiger partial charge in [-0.25, -0.2) is 49.1 Å². The number of nitrogens with zero attached hydrogens (tertiary/aromatic N) is 8. The monoisotopic (exact) mass is 1320 g/mol. The van der Waals surface area contributed by atoms with E-state index in [4.69, 9.17) is 63.0 Å². The van der Waals surface area contributed by atoms with Gasteiger partial charge in [0.05, 0.1) is 93.2 Å². The molecule has 0 fully saturated rings. The Morgan fingerprint density at radius 3 is 1.08 bits per heavy atom. The molecular formula is C72H68ClFN16O7. The molecule has 0 unspecified atom stereocenters. The first kappa shape index (κ1) is 68.5. The zero-order valence-corrected chi connectivity index (χ0v) is 54.2. The van der Waals surface area contributed by atoms with Crippen LogP contribution in [0.5, 0.6) is 28.7 Å². The normalized spacial score (nSPS) is 10.3. The number of benzene rings is 8. The molecule has 0 aliphatic heterocycles. The van der Waals surface area contributed by atoms with Gasteiger partial charge in [-0.15, -0.1) is 0 Å². The Bertz CT molecular complexity index is 4510. The third kappa shape index (κ3) is 19.4. The maximum Gasteiger partial charge on any atom is 0.338 e. The number of carbonyl (C=O) groups excluding carboxylic acids is 1.